The number of fused-ring (bicyclic) bond motifs is 1. The molecule has 150 valence electrons. The van der Waals surface area contributed by atoms with E-state index in [4.69, 9.17) is 0 Å². The van der Waals surface area contributed by atoms with E-state index in [0.717, 1.165) is 17.7 Å². The van der Waals surface area contributed by atoms with Gasteiger partial charge in [0.05, 0.1) is 4.88 Å². The van der Waals surface area contributed by atoms with E-state index in [2.05, 4.69) is 22.7 Å². The van der Waals surface area contributed by atoms with E-state index >= 15 is 0 Å². The summed E-state index contributed by atoms with van der Waals surface area (Å²) in [5.74, 6) is 0.403. The second kappa shape index (κ2) is 8.21. The van der Waals surface area contributed by atoms with E-state index in [-0.39, 0.29) is 11.8 Å². The molecular weight excluding hydrogens is 384 g/mol. The number of hydrogen-bond acceptors (Lipinski definition) is 4. The highest BCUT2D eigenvalue weighted by molar-refractivity contribution is 7.14. The lowest BCUT2D eigenvalue weighted by molar-refractivity contribution is -0.119. The minimum Gasteiger partial charge on any atom is -0.324 e. The van der Waals surface area contributed by atoms with Crippen LogP contribution in [0.1, 0.15) is 46.4 Å². The third-order valence-corrected chi connectivity index (χ3v) is 6.48. The van der Waals surface area contributed by atoms with Gasteiger partial charge in [-0.15, -0.1) is 11.3 Å². The maximum Gasteiger partial charge on any atom is 0.265 e. The van der Waals surface area contributed by atoms with Gasteiger partial charge in [-0.05, 0) is 68.0 Å². The standard InChI is InChI=1S/C22H24N4O2S/c1-14-7-8-19-16(11-14)12-20(29-19)22(28)25-18-6-3-5-17(13-18)24-21(27)15(2)26-10-4-9-23-26/h3-6,9-10,12-15H,7-8,11H2,1-2H3,(H,24,27)(H,25,28). The smallest absolute Gasteiger partial charge is 0.265 e. The van der Waals surface area contributed by atoms with Crippen molar-refractivity contribution in [2.24, 2.45) is 5.92 Å². The summed E-state index contributed by atoms with van der Waals surface area (Å²) in [4.78, 5) is 27.2. The van der Waals surface area contributed by atoms with Crippen LogP contribution < -0.4 is 10.6 Å². The van der Waals surface area contributed by atoms with Crippen LogP contribution in [-0.2, 0) is 17.6 Å². The summed E-state index contributed by atoms with van der Waals surface area (Å²) in [6.45, 7) is 4.04. The van der Waals surface area contributed by atoms with Gasteiger partial charge in [-0.2, -0.15) is 5.10 Å². The lowest BCUT2D eigenvalue weighted by Crippen LogP contribution is -2.24. The number of nitrogens with zero attached hydrogens (tertiary/aromatic N) is 2. The van der Waals surface area contributed by atoms with Gasteiger partial charge in [0.15, 0.2) is 0 Å². The number of amides is 2. The Hall–Kier alpha value is -2.93. The fourth-order valence-electron chi connectivity index (χ4n) is 3.56. The summed E-state index contributed by atoms with van der Waals surface area (Å²) < 4.78 is 1.60. The molecule has 0 spiro atoms. The molecule has 29 heavy (non-hydrogen) atoms. The average Bonchev–Trinajstić information content (AvgIpc) is 3.37. The molecule has 2 amide bonds. The number of rotatable bonds is 5. The van der Waals surface area contributed by atoms with Gasteiger partial charge in [0.25, 0.3) is 5.91 Å². The molecule has 0 bridgehead atoms. The van der Waals surface area contributed by atoms with Crippen LogP contribution in [-0.4, -0.2) is 21.6 Å². The highest BCUT2D eigenvalue weighted by Gasteiger charge is 2.21. The minimum atomic E-state index is -0.428. The van der Waals surface area contributed by atoms with Crippen molar-refractivity contribution >= 4 is 34.5 Å². The minimum absolute atomic E-state index is 0.106. The molecule has 0 saturated heterocycles. The van der Waals surface area contributed by atoms with Gasteiger partial charge in [0.2, 0.25) is 5.91 Å². The third-order valence-electron chi connectivity index (χ3n) is 5.24. The maximum atomic E-state index is 12.7. The Morgan fingerprint density at radius 2 is 2.00 bits per heavy atom. The molecule has 0 fully saturated rings. The number of benzene rings is 1. The molecule has 0 radical (unpaired) electrons. The van der Waals surface area contributed by atoms with Gasteiger partial charge < -0.3 is 10.6 Å². The number of thiophene rings is 1. The van der Waals surface area contributed by atoms with Crippen molar-refractivity contribution in [1.29, 1.82) is 0 Å². The van der Waals surface area contributed by atoms with Crippen LogP contribution in [0.15, 0.2) is 48.8 Å². The van der Waals surface area contributed by atoms with E-state index in [1.807, 2.05) is 18.2 Å². The number of carbonyl (C=O) groups is 2. The Balaban J connectivity index is 1.42. The van der Waals surface area contributed by atoms with Crippen molar-refractivity contribution in [3.8, 4) is 0 Å². The molecule has 3 aromatic rings. The molecule has 2 N–H and O–H groups in total. The van der Waals surface area contributed by atoms with Crippen molar-refractivity contribution in [3.05, 3.63) is 64.1 Å². The van der Waals surface area contributed by atoms with Crippen LogP contribution in [0.4, 0.5) is 11.4 Å². The summed E-state index contributed by atoms with van der Waals surface area (Å²) in [5, 5.41) is 9.93. The largest absolute Gasteiger partial charge is 0.324 e. The van der Waals surface area contributed by atoms with Crippen LogP contribution in [0.2, 0.25) is 0 Å². The second-order valence-corrected chi connectivity index (χ2v) is 8.73. The zero-order valence-corrected chi connectivity index (χ0v) is 17.3. The first kappa shape index (κ1) is 19.4. The maximum absolute atomic E-state index is 12.7. The molecule has 4 rings (SSSR count). The highest BCUT2D eigenvalue weighted by Crippen LogP contribution is 2.32. The molecule has 2 atom stereocenters. The first-order valence-corrected chi connectivity index (χ1v) is 10.6. The molecule has 1 aliphatic rings. The molecule has 2 unspecified atom stereocenters. The number of carbonyl (C=O) groups excluding carboxylic acids is 2. The zero-order chi connectivity index (χ0) is 20.4. The van der Waals surface area contributed by atoms with Crippen LogP contribution >= 0.6 is 11.3 Å². The summed E-state index contributed by atoms with van der Waals surface area (Å²) in [7, 11) is 0. The lowest BCUT2D eigenvalue weighted by Gasteiger charge is -2.16. The van der Waals surface area contributed by atoms with Gasteiger partial charge >= 0.3 is 0 Å². The summed E-state index contributed by atoms with van der Waals surface area (Å²) >= 11 is 1.59. The van der Waals surface area contributed by atoms with E-state index in [1.165, 1.54) is 16.9 Å². The van der Waals surface area contributed by atoms with Gasteiger partial charge in [-0.3, -0.25) is 14.3 Å². The fraction of sp³-hybridized carbons (Fsp3) is 0.318. The Kier molecular flexibility index (Phi) is 5.49. The lowest BCUT2D eigenvalue weighted by atomic mass is 9.90. The van der Waals surface area contributed by atoms with Gasteiger partial charge in [0.1, 0.15) is 6.04 Å². The molecular formula is C22H24N4O2S. The number of anilines is 2. The van der Waals surface area contributed by atoms with Crippen molar-refractivity contribution in [3.63, 3.8) is 0 Å². The van der Waals surface area contributed by atoms with Crippen molar-refractivity contribution < 1.29 is 9.59 Å². The number of nitrogens with one attached hydrogen (secondary N) is 2. The molecule has 1 aromatic carbocycles. The Morgan fingerprint density at radius 1 is 1.21 bits per heavy atom. The van der Waals surface area contributed by atoms with Gasteiger partial charge in [-0.1, -0.05) is 13.0 Å². The van der Waals surface area contributed by atoms with Gasteiger partial charge in [-0.25, -0.2) is 0 Å². The number of aromatic nitrogens is 2. The Bertz CT molecular complexity index is 1030. The van der Waals surface area contributed by atoms with Crippen LogP contribution in [0, 0.1) is 5.92 Å². The molecule has 0 aliphatic heterocycles. The third kappa shape index (κ3) is 4.40. The topological polar surface area (TPSA) is 76.0 Å². The fourth-order valence-corrected chi connectivity index (χ4v) is 4.67. The van der Waals surface area contributed by atoms with Crippen molar-refractivity contribution in [1.82, 2.24) is 9.78 Å². The average molecular weight is 409 g/mol. The number of hydrogen-bond donors (Lipinski definition) is 2. The molecule has 2 aromatic heterocycles. The Morgan fingerprint density at radius 3 is 2.76 bits per heavy atom. The highest BCUT2D eigenvalue weighted by atomic mass is 32.1. The normalized spacial score (nSPS) is 16.7. The first-order chi connectivity index (χ1) is 14.0. The molecule has 2 heterocycles. The van der Waals surface area contributed by atoms with Crippen LogP contribution in [0.3, 0.4) is 0 Å². The monoisotopic (exact) mass is 408 g/mol. The quantitative estimate of drug-likeness (QED) is 0.652. The van der Waals surface area contributed by atoms with Crippen LogP contribution in [0.25, 0.3) is 0 Å². The van der Waals surface area contributed by atoms with Crippen molar-refractivity contribution in [2.45, 2.75) is 39.2 Å². The summed E-state index contributed by atoms with van der Waals surface area (Å²) in [6, 6.07) is 10.6. The van der Waals surface area contributed by atoms with Crippen LogP contribution in [0.5, 0.6) is 0 Å². The molecule has 6 nitrogen and oxygen atoms in total. The van der Waals surface area contributed by atoms with E-state index in [9.17, 15) is 9.59 Å². The first-order valence-electron chi connectivity index (χ1n) is 9.82. The SMILES string of the molecule is CC1CCc2sc(C(=O)Nc3cccc(NC(=O)C(C)n4cccn4)c3)cc2C1. The number of aryl methyl sites for hydroxylation is 1. The second-order valence-electron chi connectivity index (χ2n) is 7.59. The van der Waals surface area contributed by atoms with E-state index in [1.54, 1.807) is 53.5 Å². The Labute approximate surface area is 173 Å². The van der Waals surface area contributed by atoms with E-state index < -0.39 is 6.04 Å². The molecule has 7 heteroatoms. The predicted molar refractivity (Wildman–Crippen MR) is 115 cm³/mol. The van der Waals surface area contributed by atoms with Gasteiger partial charge in [0, 0.05) is 28.6 Å². The molecule has 1 aliphatic carbocycles. The van der Waals surface area contributed by atoms with E-state index in [0.29, 0.717) is 17.3 Å². The zero-order valence-electron chi connectivity index (χ0n) is 16.5. The van der Waals surface area contributed by atoms with Crippen molar-refractivity contribution in [2.75, 3.05) is 10.6 Å². The summed E-state index contributed by atoms with van der Waals surface area (Å²) in [6.07, 6.45) is 6.69. The predicted octanol–water partition coefficient (Wildman–Crippen LogP) is 4.52. The summed E-state index contributed by atoms with van der Waals surface area (Å²) in [5.41, 5.74) is 2.60. The molecule has 0 saturated carbocycles.